The van der Waals surface area contributed by atoms with Crippen molar-refractivity contribution in [3.05, 3.63) is 59.7 Å². The highest BCUT2D eigenvalue weighted by Crippen LogP contribution is 2.29. The molecular weight excluding hydrogens is 404 g/mol. The molecule has 0 aliphatic rings. The van der Waals surface area contributed by atoms with E-state index >= 15 is 0 Å². The van der Waals surface area contributed by atoms with Crippen LogP contribution in [0.1, 0.15) is 11.1 Å². The molecule has 0 aliphatic heterocycles. The Morgan fingerprint density at radius 3 is 1.87 bits per heavy atom. The molecule has 0 amide bonds. The van der Waals surface area contributed by atoms with Crippen LogP contribution in [0.2, 0.25) is 0 Å². The van der Waals surface area contributed by atoms with E-state index in [2.05, 4.69) is 0 Å². The van der Waals surface area contributed by atoms with E-state index in [1.807, 2.05) is 6.07 Å². The van der Waals surface area contributed by atoms with Gasteiger partial charge in [0.2, 0.25) is 6.10 Å². The second kappa shape index (κ2) is 11.5. The van der Waals surface area contributed by atoms with E-state index in [4.69, 9.17) is 23.7 Å². The number of carboxylic acids is 1. The maximum Gasteiger partial charge on any atom is 0.345 e. The normalized spacial score (nSPS) is 11.6. The molecule has 0 saturated carbocycles. The van der Waals surface area contributed by atoms with Gasteiger partial charge >= 0.3 is 11.9 Å². The van der Waals surface area contributed by atoms with Gasteiger partial charge in [-0.3, -0.25) is 0 Å². The van der Waals surface area contributed by atoms with Crippen molar-refractivity contribution in [2.75, 3.05) is 28.4 Å². The smallest absolute Gasteiger partial charge is 0.345 e. The summed E-state index contributed by atoms with van der Waals surface area (Å²) in [6, 6.07) is 10.4. The van der Waals surface area contributed by atoms with E-state index in [-0.39, 0.29) is 6.42 Å². The maximum absolute atomic E-state index is 12.1. The van der Waals surface area contributed by atoms with E-state index in [1.54, 1.807) is 50.6 Å². The molecule has 0 aliphatic carbocycles. The molecule has 0 saturated heterocycles. The van der Waals surface area contributed by atoms with Gasteiger partial charge in [-0.2, -0.15) is 0 Å². The van der Waals surface area contributed by atoms with Crippen LogP contribution in [0.25, 0.3) is 0 Å². The highest BCUT2D eigenvalue weighted by Gasteiger charge is 2.22. The Hall–Kier alpha value is -3.68. The first kappa shape index (κ1) is 23.6. The largest absolute Gasteiger partial charge is 0.493 e. The number of hydrogen-bond acceptors (Lipinski definition) is 7. The number of carbonyl (C=O) groups is 2. The average Bonchev–Trinajstić information content (AvgIpc) is 2.78. The molecular formula is C23H26O8. The molecule has 0 bridgehead atoms. The van der Waals surface area contributed by atoms with Crippen LogP contribution in [0.3, 0.4) is 0 Å². The zero-order valence-corrected chi connectivity index (χ0v) is 17.9. The molecule has 2 aromatic rings. The number of carbonyl (C=O) groups excluding carboxylic acids is 1. The zero-order valence-electron chi connectivity index (χ0n) is 17.9. The van der Waals surface area contributed by atoms with Crippen LogP contribution >= 0.6 is 0 Å². The number of aliphatic carboxylic acids is 1. The molecule has 1 unspecified atom stereocenters. The van der Waals surface area contributed by atoms with Gasteiger partial charge in [-0.25, -0.2) is 9.59 Å². The minimum Gasteiger partial charge on any atom is -0.493 e. The lowest BCUT2D eigenvalue weighted by molar-refractivity contribution is -0.160. The molecule has 0 spiro atoms. The first-order chi connectivity index (χ1) is 14.9. The molecule has 1 N–H and O–H groups in total. The van der Waals surface area contributed by atoms with Crippen LogP contribution in [-0.4, -0.2) is 51.6 Å². The molecule has 31 heavy (non-hydrogen) atoms. The van der Waals surface area contributed by atoms with Gasteiger partial charge < -0.3 is 28.8 Å². The summed E-state index contributed by atoms with van der Waals surface area (Å²) in [6.45, 7) is 0. The Labute approximate surface area is 180 Å². The summed E-state index contributed by atoms with van der Waals surface area (Å²) in [6.07, 6.45) is 1.89. The van der Waals surface area contributed by atoms with E-state index in [9.17, 15) is 14.7 Å². The second-order valence-corrected chi connectivity index (χ2v) is 6.45. The molecule has 166 valence electrons. The predicted octanol–water partition coefficient (Wildman–Crippen LogP) is 3.06. The van der Waals surface area contributed by atoms with Crippen molar-refractivity contribution in [1.82, 2.24) is 0 Å². The summed E-state index contributed by atoms with van der Waals surface area (Å²) in [7, 11) is 6.08. The Kier molecular flexibility index (Phi) is 8.75. The number of hydrogen-bond donors (Lipinski definition) is 1. The standard InChI is InChI=1S/C23H26O8/c1-27-17-10-8-15(12-19(17)29-3)6-5-7-22(24)31-21(23(25)26)14-16-9-11-18(28-2)20(13-16)30-4/h5,7-13,21H,6,14H2,1-4H3,(H,25,26)/b7-5+. The van der Waals surface area contributed by atoms with Crippen molar-refractivity contribution >= 4 is 11.9 Å². The van der Waals surface area contributed by atoms with Gasteiger partial charge in [0.05, 0.1) is 28.4 Å². The highest BCUT2D eigenvalue weighted by atomic mass is 16.6. The van der Waals surface area contributed by atoms with Crippen LogP contribution < -0.4 is 18.9 Å². The lowest BCUT2D eigenvalue weighted by Crippen LogP contribution is -2.28. The lowest BCUT2D eigenvalue weighted by atomic mass is 10.1. The van der Waals surface area contributed by atoms with Gasteiger partial charge in [-0.1, -0.05) is 18.2 Å². The maximum atomic E-state index is 12.1. The quantitative estimate of drug-likeness (QED) is 0.429. The monoisotopic (exact) mass is 430 g/mol. The zero-order chi connectivity index (χ0) is 22.8. The molecule has 1 atom stereocenters. The van der Waals surface area contributed by atoms with Crippen LogP contribution in [0, 0.1) is 0 Å². The summed E-state index contributed by atoms with van der Waals surface area (Å²) >= 11 is 0. The van der Waals surface area contributed by atoms with Gasteiger partial charge in [-0.15, -0.1) is 0 Å². The first-order valence-electron chi connectivity index (χ1n) is 9.43. The fourth-order valence-electron chi connectivity index (χ4n) is 2.88. The Bertz CT molecular complexity index is 935. The van der Waals surface area contributed by atoms with Gasteiger partial charge in [0, 0.05) is 12.5 Å². The van der Waals surface area contributed by atoms with Crippen LogP contribution in [0.5, 0.6) is 23.0 Å². The number of methoxy groups -OCH3 is 4. The summed E-state index contributed by atoms with van der Waals surface area (Å²) in [5, 5.41) is 9.44. The Morgan fingerprint density at radius 1 is 0.839 bits per heavy atom. The molecule has 0 radical (unpaired) electrons. The van der Waals surface area contributed by atoms with Crippen molar-refractivity contribution in [3.63, 3.8) is 0 Å². The number of ether oxygens (including phenoxy) is 5. The molecule has 2 rings (SSSR count). The van der Waals surface area contributed by atoms with Crippen LogP contribution in [0.4, 0.5) is 0 Å². The summed E-state index contributed by atoms with van der Waals surface area (Å²) in [5.74, 6) is 0.189. The van der Waals surface area contributed by atoms with Gasteiger partial charge in [-0.05, 0) is 41.8 Å². The predicted molar refractivity (Wildman–Crippen MR) is 113 cm³/mol. The third-order valence-electron chi connectivity index (χ3n) is 4.46. The number of allylic oxidation sites excluding steroid dienone is 1. The van der Waals surface area contributed by atoms with E-state index in [0.717, 1.165) is 5.56 Å². The molecule has 0 heterocycles. The minimum absolute atomic E-state index is 0.00898. The summed E-state index contributed by atoms with van der Waals surface area (Å²) in [4.78, 5) is 23.7. The third-order valence-corrected chi connectivity index (χ3v) is 4.46. The molecule has 8 heteroatoms. The number of esters is 1. The lowest BCUT2D eigenvalue weighted by Gasteiger charge is -2.14. The second-order valence-electron chi connectivity index (χ2n) is 6.45. The summed E-state index contributed by atoms with van der Waals surface area (Å²) in [5.41, 5.74) is 1.52. The Morgan fingerprint density at radius 2 is 1.35 bits per heavy atom. The number of benzene rings is 2. The van der Waals surface area contributed by atoms with Crippen LogP contribution in [0.15, 0.2) is 48.6 Å². The Balaban J connectivity index is 2.00. The fourth-order valence-corrected chi connectivity index (χ4v) is 2.88. The van der Waals surface area contributed by atoms with E-state index in [1.165, 1.54) is 20.3 Å². The van der Waals surface area contributed by atoms with Crippen LogP contribution in [-0.2, 0) is 27.2 Å². The highest BCUT2D eigenvalue weighted by molar-refractivity contribution is 5.85. The van der Waals surface area contributed by atoms with Crippen molar-refractivity contribution in [1.29, 1.82) is 0 Å². The number of carboxylic acid groups (broad SMARTS) is 1. The first-order valence-corrected chi connectivity index (χ1v) is 9.43. The molecule has 8 nitrogen and oxygen atoms in total. The van der Waals surface area contributed by atoms with Crippen molar-refractivity contribution in [2.24, 2.45) is 0 Å². The van der Waals surface area contributed by atoms with E-state index < -0.39 is 18.0 Å². The molecule has 0 aromatic heterocycles. The molecule has 0 fully saturated rings. The third kappa shape index (κ3) is 6.67. The topological polar surface area (TPSA) is 101 Å². The van der Waals surface area contributed by atoms with Crippen molar-refractivity contribution in [3.8, 4) is 23.0 Å². The SMILES string of the molecule is COc1ccc(C/C=C/C(=O)OC(Cc2ccc(OC)c(OC)c2)C(=O)O)cc1OC. The molecule has 2 aromatic carbocycles. The minimum atomic E-state index is -1.34. The average molecular weight is 430 g/mol. The summed E-state index contributed by atoms with van der Waals surface area (Å²) < 4.78 is 25.9. The van der Waals surface area contributed by atoms with Gasteiger partial charge in [0.15, 0.2) is 23.0 Å². The van der Waals surface area contributed by atoms with Gasteiger partial charge in [0.25, 0.3) is 0 Å². The van der Waals surface area contributed by atoms with E-state index in [0.29, 0.717) is 35.0 Å². The van der Waals surface area contributed by atoms with Crippen molar-refractivity contribution < 1.29 is 38.4 Å². The fraction of sp³-hybridized carbons (Fsp3) is 0.304. The van der Waals surface area contributed by atoms with Gasteiger partial charge in [0.1, 0.15) is 0 Å². The number of rotatable bonds is 11. The van der Waals surface area contributed by atoms with Crippen molar-refractivity contribution in [2.45, 2.75) is 18.9 Å².